The minimum atomic E-state index is -0.118. The van der Waals surface area contributed by atoms with Crippen molar-refractivity contribution in [1.82, 2.24) is 20.6 Å². The molecule has 0 aliphatic carbocycles. The van der Waals surface area contributed by atoms with E-state index in [0.717, 1.165) is 29.7 Å². The van der Waals surface area contributed by atoms with Gasteiger partial charge in [-0.1, -0.05) is 41.9 Å². The maximum Gasteiger partial charge on any atom is 0.251 e. The summed E-state index contributed by atoms with van der Waals surface area (Å²) in [7, 11) is 0. The van der Waals surface area contributed by atoms with Crippen LogP contribution in [0.5, 0.6) is 5.75 Å². The first-order valence-corrected chi connectivity index (χ1v) is 11.0. The van der Waals surface area contributed by atoms with E-state index in [9.17, 15) is 4.79 Å². The van der Waals surface area contributed by atoms with Crippen molar-refractivity contribution in [1.29, 1.82) is 0 Å². The van der Waals surface area contributed by atoms with Crippen LogP contribution in [0, 0.1) is 0 Å². The van der Waals surface area contributed by atoms with Crippen molar-refractivity contribution in [3.63, 3.8) is 0 Å². The Bertz CT molecular complexity index is 1240. The molecule has 3 heterocycles. The fraction of sp³-hybridized carbons (Fsp3) is 0.200. The number of carbonyl (C=O) groups excluding carboxylic acids is 1. The van der Waals surface area contributed by atoms with Crippen molar-refractivity contribution in [3.8, 4) is 5.75 Å². The fourth-order valence-electron chi connectivity index (χ4n) is 4.12. The molecule has 0 saturated carbocycles. The third-order valence-corrected chi connectivity index (χ3v) is 6.20. The van der Waals surface area contributed by atoms with E-state index in [-0.39, 0.29) is 24.5 Å². The summed E-state index contributed by atoms with van der Waals surface area (Å²) in [6.07, 6.45) is 3.50. The van der Waals surface area contributed by atoms with Crippen molar-refractivity contribution < 1.29 is 9.53 Å². The van der Waals surface area contributed by atoms with E-state index in [0.29, 0.717) is 16.3 Å². The summed E-state index contributed by atoms with van der Waals surface area (Å²) in [6.45, 7) is 1.83. The fourth-order valence-corrected chi connectivity index (χ4v) is 4.29. The van der Waals surface area contributed by atoms with Crippen LogP contribution < -0.4 is 15.4 Å². The summed E-state index contributed by atoms with van der Waals surface area (Å²) in [5, 5.41) is 8.10. The molecule has 32 heavy (non-hydrogen) atoms. The molecule has 0 spiro atoms. The zero-order valence-electron chi connectivity index (χ0n) is 17.3. The van der Waals surface area contributed by atoms with E-state index in [1.165, 1.54) is 5.56 Å². The van der Waals surface area contributed by atoms with Crippen LogP contribution in [0.4, 0.5) is 0 Å². The van der Waals surface area contributed by atoms with Gasteiger partial charge in [-0.25, -0.2) is 4.98 Å². The predicted octanol–water partition coefficient (Wildman–Crippen LogP) is 4.28. The van der Waals surface area contributed by atoms with Crippen LogP contribution in [0.3, 0.4) is 0 Å². The first-order chi connectivity index (χ1) is 15.7. The number of hydrogen-bond donors (Lipinski definition) is 3. The number of nitrogens with one attached hydrogen (secondary N) is 3. The molecule has 0 bridgehead atoms. The number of pyridine rings is 1. The number of nitrogens with zero attached hydrogens (tertiary/aromatic N) is 1. The number of aromatic amines is 1. The number of carbonyl (C=O) groups is 1. The van der Waals surface area contributed by atoms with Gasteiger partial charge in [0, 0.05) is 52.8 Å². The Hall–Kier alpha value is -3.35. The number of ether oxygens (including phenoxy) is 1. The minimum Gasteiger partial charge on any atom is -0.487 e. The van der Waals surface area contributed by atoms with Crippen LogP contribution in [-0.4, -0.2) is 35.0 Å². The zero-order chi connectivity index (χ0) is 21.9. The van der Waals surface area contributed by atoms with Crippen LogP contribution >= 0.6 is 11.6 Å². The number of H-pyrrole nitrogens is 1. The van der Waals surface area contributed by atoms with Crippen LogP contribution in [0.15, 0.2) is 73.1 Å². The molecule has 3 N–H and O–H groups in total. The van der Waals surface area contributed by atoms with Crippen molar-refractivity contribution in [2.24, 2.45) is 0 Å². The Morgan fingerprint density at radius 2 is 2.00 bits per heavy atom. The second kappa shape index (κ2) is 9.02. The highest BCUT2D eigenvalue weighted by Gasteiger charge is 2.29. The largest absolute Gasteiger partial charge is 0.487 e. The van der Waals surface area contributed by atoms with Gasteiger partial charge in [-0.05, 0) is 35.9 Å². The molecule has 162 valence electrons. The Kier molecular flexibility index (Phi) is 5.79. The first-order valence-electron chi connectivity index (χ1n) is 10.6. The predicted molar refractivity (Wildman–Crippen MR) is 125 cm³/mol. The van der Waals surface area contributed by atoms with Gasteiger partial charge in [-0.15, -0.1) is 0 Å². The molecule has 1 aliphatic rings. The molecule has 1 aliphatic heterocycles. The highest BCUT2D eigenvalue weighted by atomic mass is 35.5. The lowest BCUT2D eigenvalue weighted by molar-refractivity contribution is 0.0937. The number of fused-ring (bicyclic) bond motifs is 1. The van der Waals surface area contributed by atoms with E-state index in [4.69, 9.17) is 16.3 Å². The van der Waals surface area contributed by atoms with Gasteiger partial charge < -0.3 is 20.4 Å². The van der Waals surface area contributed by atoms with Crippen molar-refractivity contribution in [3.05, 3.63) is 94.8 Å². The summed E-state index contributed by atoms with van der Waals surface area (Å²) < 4.78 is 5.89. The molecule has 5 rings (SSSR count). The van der Waals surface area contributed by atoms with Gasteiger partial charge in [0.15, 0.2) is 0 Å². The molecular formula is C25H23ClN4O2. The first kappa shape index (κ1) is 20.5. The van der Waals surface area contributed by atoms with Crippen LogP contribution in [0.2, 0.25) is 5.02 Å². The number of aromatic nitrogens is 2. The average Bonchev–Trinajstić information content (AvgIpc) is 3.48. The summed E-state index contributed by atoms with van der Waals surface area (Å²) in [5.41, 5.74) is 3.34. The van der Waals surface area contributed by atoms with Crippen LogP contribution in [-0.2, 0) is 6.61 Å². The zero-order valence-corrected chi connectivity index (χ0v) is 18.1. The van der Waals surface area contributed by atoms with Crippen molar-refractivity contribution >= 4 is 28.5 Å². The van der Waals surface area contributed by atoms with Crippen molar-refractivity contribution in [2.75, 3.05) is 13.1 Å². The standard InChI is InChI=1S/C25H23ClN4O2/c26-22-7-6-18(10-19(22)15-32-20-11-17-8-9-28-24(17)29-12-20)25(31)30-23-14-27-13-21(23)16-4-2-1-3-5-16/h1-12,21,23,27H,13-15H2,(H,28,29)(H,30,31)/t21-,23+/m1/s1. The summed E-state index contributed by atoms with van der Waals surface area (Å²) in [4.78, 5) is 20.4. The maximum absolute atomic E-state index is 13.0. The molecule has 1 amide bonds. The smallest absolute Gasteiger partial charge is 0.251 e. The maximum atomic E-state index is 13.0. The molecule has 2 aromatic heterocycles. The van der Waals surface area contributed by atoms with Gasteiger partial charge in [0.2, 0.25) is 0 Å². The number of benzene rings is 2. The Balaban J connectivity index is 1.27. The Morgan fingerprint density at radius 1 is 1.12 bits per heavy atom. The van der Waals surface area contributed by atoms with Gasteiger partial charge >= 0.3 is 0 Å². The molecule has 2 aromatic carbocycles. The van der Waals surface area contributed by atoms with Gasteiger partial charge in [0.1, 0.15) is 18.0 Å². The lowest BCUT2D eigenvalue weighted by Crippen LogP contribution is -2.39. The Labute approximate surface area is 191 Å². The molecule has 7 heteroatoms. The molecule has 0 unspecified atom stereocenters. The van der Waals surface area contributed by atoms with Gasteiger partial charge in [-0.3, -0.25) is 4.79 Å². The quantitative estimate of drug-likeness (QED) is 0.413. The average molecular weight is 447 g/mol. The molecule has 6 nitrogen and oxygen atoms in total. The molecule has 0 radical (unpaired) electrons. The van der Waals surface area contributed by atoms with Crippen molar-refractivity contribution in [2.45, 2.75) is 18.6 Å². The normalized spacial score (nSPS) is 18.0. The van der Waals surface area contributed by atoms with Gasteiger partial charge in [0.05, 0.1) is 6.20 Å². The highest BCUT2D eigenvalue weighted by Crippen LogP contribution is 2.25. The molecule has 1 fully saturated rings. The van der Waals surface area contributed by atoms with E-state index >= 15 is 0 Å². The van der Waals surface area contributed by atoms with E-state index in [1.54, 1.807) is 24.4 Å². The summed E-state index contributed by atoms with van der Waals surface area (Å²) >= 11 is 6.38. The lowest BCUT2D eigenvalue weighted by atomic mass is 9.94. The van der Waals surface area contributed by atoms with E-state index in [2.05, 4.69) is 32.7 Å². The summed E-state index contributed by atoms with van der Waals surface area (Å²) in [5.74, 6) is 0.768. The second-order valence-corrected chi connectivity index (χ2v) is 8.34. The molecule has 2 atom stereocenters. The van der Waals surface area contributed by atoms with E-state index in [1.807, 2.05) is 36.5 Å². The number of rotatable bonds is 6. The molecule has 4 aromatic rings. The lowest BCUT2D eigenvalue weighted by Gasteiger charge is -2.20. The summed E-state index contributed by atoms with van der Waals surface area (Å²) in [6, 6.07) is 19.4. The number of amides is 1. The topological polar surface area (TPSA) is 79.0 Å². The van der Waals surface area contributed by atoms with Crippen LogP contribution in [0.1, 0.15) is 27.4 Å². The van der Waals surface area contributed by atoms with Crippen LogP contribution in [0.25, 0.3) is 11.0 Å². The highest BCUT2D eigenvalue weighted by molar-refractivity contribution is 6.31. The third-order valence-electron chi connectivity index (χ3n) is 5.84. The number of halogens is 1. The molecule has 1 saturated heterocycles. The Morgan fingerprint density at radius 3 is 2.88 bits per heavy atom. The minimum absolute atomic E-state index is 0.0273. The van der Waals surface area contributed by atoms with Gasteiger partial charge in [-0.2, -0.15) is 0 Å². The number of hydrogen-bond acceptors (Lipinski definition) is 4. The monoisotopic (exact) mass is 446 g/mol. The van der Waals surface area contributed by atoms with Gasteiger partial charge in [0.25, 0.3) is 5.91 Å². The second-order valence-electron chi connectivity index (χ2n) is 7.94. The van der Waals surface area contributed by atoms with E-state index < -0.39 is 0 Å². The molecular weight excluding hydrogens is 424 g/mol. The third kappa shape index (κ3) is 4.33. The SMILES string of the molecule is O=C(N[C@H]1CNC[C@@H]1c1ccccc1)c1ccc(Cl)c(COc2cnc3[nH]ccc3c2)c1.